The average Bonchev–Trinajstić information content (AvgIpc) is 3.05. The Bertz CT molecular complexity index is 759. The lowest BCUT2D eigenvalue weighted by Crippen LogP contribution is -2.00. The molecule has 0 aliphatic carbocycles. The van der Waals surface area contributed by atoms with Gasteiger partial charge in [0.25, 0.3) is 0 Å². The summed E-state index contributed by atoms with van der Waals surface area (Å²) in [4.78, 5) is 0. The Morgan fingerprint density at radius 2 is 2.10 bits per heavy atom. The van der Waals surface area contributed by atoms with E-state index < -0.39 is 0 Å². The van der Waals surface area contributed by atoms with Crippen LogP contribution in [0.25, 0.3) is 11.3 Å². The van der Waals surface area contributed by atoms with Gasteiger partial charge < -0.3 is 5.73 Å². The molecular formula is C15H16ClN5. The molecule has 0 amide bonds. The Balaban J connectivity index is 1.87. The molecule has 0 bridgehead atoms. The molecule has 0 atom stereocenters. The van der Waals surface area contributed by atoms with Crippen LogP contribution in [-0.4, -0.2) is 19.6 Å². The third-order valence-electron chi connectivity index (χ3n) is 3.25. The molecule has 0 saturated carbocycles. The molecule has 2 N–H and O–H groups in total. The first kappa shape index (κ1) is 13.7. The van der Waals surface area contributed by atoms with Crippen molar-refractivity contribution >= 4 is 17.3 Å². The summed E-state index contributed by atoms with van der Waals surface area (Å²) in [6.07, 6.45) is 5.56. The van der Waals surface area contributed by atoms with Crippen LogP contribution in [0.2, 0.25) is 5.02 Å². The molecule has 0 fully saturated rings. The van der Waals surface area contributed by atoms with Crippen molar-refractivity contribution < 1.29 is 0 Å². The van der Waals surface area contributed by atoms with Gasteiger partial charge in [-0.15, -0.1) is 0 Å². The van der Waals surface area contributed by atoms with Crippen LogP contribution in [0.5, 0.6) is 0 Å². The molecule has 2 aromatic heterocycles. The number of halogens is 1. The third-order valence-corrected chi connectivity index (χ3v) is 3.49. The number of anilines is 1. The number of aromatic nitrogens is 4. The molecule has 2 heterocycles. The summed E-state index contributed by atoms with van der Waals surface area (Å²) in [6, 6.07) is 7.72. The van der Waals surface area contributed by atoms with Gasteiger partial charge in [0, 0.05) is 29.5 Å². The Morgan fingerprint density at radius 1 is 1.24 bits per heavy atom. The van der Waals surface area contributed by atoms with Gasteiger partial charge in [0.2, 0.25) is 0 Å². The van der Waals surface area contributed by atoms with E-state index in [0.29, 0.717) is 12.2 Å². The van der Waals surface area contributed by atoms with Crippen LogP contribution < -0.4 is 5.73 Å². The summed E-state index contributed by atoms with van der Waals surface area (Å²) >= 11 is 6.00. The number of hydrogen-bond acceptors (Lipinski definition) is 3. The maximum absolute atomic E-state index is 6.06. The molecule has 21 heavy (non-hydrogen) atoms. The molecule has 3 aromatic rings. The first-order valence-electron chi connectivity index (χ1n) is 6.76. The van der Waals surface area contributed by atoms with Gasteiger partial charge in [-0.2, -0.15) is 10.2 Å². The molecule has 0 spiro atoms. The fraction of sp³-hybridized carbons (Fsp3) is 0.200. The topological polar surface area (TPSA) is 61.7 Å². The highest BCUT2D eigenvalue weighted by molar-refractivity contribution is 6.30. The van der Waals surface area contributed by atoms with Crippen LogP contribution in [0.15, 0.2) is 42.9 Å². The number of nitrogens with two attached hydrogens (primary N) is 1. The van der Waals surface area contributed by atoms with E-state index in [2.05, 4.69) is 10.2 Å². The molecule has 0 aliphatic heterocycles. The molecule has 1 aromatic carbocycles. The van der Waals surface area contributed by atoms with E-state index in [1.807, 2.05) is 52.9 Å². The monoisotopic (exact) mass is 301 g/mol. The van der Waals surface area contributed by atoms with Gasteiger partial charge >= 0.3 is 0 Å². The predicted molar refractivity (Wildman–Crippen MR) is 84.1 cm³/mol. The SMILES string of the molecule is CCn1cc(-c2nn(Cc3cccc(Cl)c3)cc2N)cn1. The number of aryl methyl sites for hydroxylation is 1. The normalized spacial score (nSPS) is 11.0. The number of nitrogen functional groups attached to an aromatic ring is 1. The van der Waals surface area contributed by atoms with Crippen molar-refractivity contribution in [2.75, 3.05) is 5.73 Å². The van der Waals surface area contributed by atoms with Crippen molar-refractivity contribution in [1.82, 2.24) is 19.6 Å². The summed E-state index contributed by atoms with van der Waals surface area (Å²) in [5.41, 5.74) is 9.48. The first-order valence-corrected chi connectivity index (χ1v) is 7.13. The maximum atomic E-state index is 6.06. The number of benzene rings is 1. The fourth-order valence-electron chi connectivity index (χ4n) is 2.22. The summed E-state index contributed by atoms with van der Waals surface area (Å²) in [7, 11) is 0. The van der Waals surface area contributed by atoms with Crippen molar-refractivity contribution in [2.45, 2.75) is 20.0 Å². The lowest BCUT2D eigenvalue weighted by atomic mass is 10.2. The van der Waals surface area contributed by atoms with Gasteiger partial charge in [-0.3, -0.25) is 9.36 Å². The Hall–Kier alpha value is -2.27. The third kappa shape index (κ3) is 2.92. The minimum Gasteiger partial charge on any atom is -0.396 e. The highest BCUT2D eigenvalue weighted by Gasteiger charge is 2.11. The molecule has 0 unspecified atom stereocenters. The van der Waals surface area contributed by atoms with Crippen LogP contribution in [0, 0.1) is 0 Å². The van der Waals surface area contributed by atoms with Crippen molar-refractivity contribution in [3.05, 3.63) is 53.4 Å². The minimum absolute atomic E-state index is 0.632. The van der Waals surface area contributed by atoms with Crippen LogP contribution >= 0.6 is 11.6 Å². The van der Waals surface area contributed by atoms with E-state index in [1.54, 1.807) is 6.20 Å². The van der Waals surface area contributed by atoms with Crippen LogP contribution in [0.4, 0.5) is 5.69 Å². The number of hydrogen-bond donors (Lipinski definition) is 1. The fourth-order valence-corrected chi connectivity index (χ4v) is 2.44. The van der Waals surface area contributed by atoms with Gasteiger partial charge in [-0.05, 0) is 24.6 Å². The minimum atomic E-state index is 0.632. The van der Waals surface area contributed by atoms with Crippen molar-refractivity contribution in [2.24, 2.45) is 0 Å². The van der Waals surface area contributed by atoms with E-state index in [0.717, 1.165) is 28.4 Å². The molecule has 108 valence electrons. The van der Waals surface area contributed by atoms with Gasteiger partial charge in [0.1, 0.15) is 5.69 Å². The summed E-state index contributed by atoms with van der Waals surface area (Å²) in [5.74, 6) is 0. The molecule has 0 radical (unpaired) electrons. The van der Waals surface area contributed by atoms with Crippen LogP contribution in [0.3, 0.4) is 0 Å². The molecule has 6 heteroatoms. The van der Waals surface area contributed by atoms with Crippen LogP contribution in [-0.2, 0) is 13.1 Å². The zero-order valence-corrected chi connectivity index (χ0v) is 12.5. The second kappa shape index (κ2) is 5.61. The van der Waals surface area contributed by atoms with E-state index in [4.69, 9.17) is 17.3 Å². The molecule has 0 aliphatic rings. The largest absolute Gasteiger partial charge is 0.396 e. The second-order valence-corrected chi connectivity index (χ2v) is 5.28. The lowest BCUT2D eigenvalue weighted by Gasteiger charge is -2.02. The molecule has 0 saturated heterocycles. The van der Waals surface area contributed by atoms with Crippen molar-refractivity contribution in [3.8, 4) is 11.3 Å². The number of rotatable bonds is 4. The standard InChI is InChI=1S/C15H16ClN5/c1-2-20-9-12(7-18-20)15-14(17)10-21(19-15)8-11-4-3-5-13(16)6-11/h3-7,9-10H,2,8,17H2,1H3. The molecule has 5 nitrogen and oxygen atoms in total. The van der Waals surface area contributed by atoms with Gasteiger partial charge in [-0.1, -0.05) is 23.7 Å². The van der Waals surface area contributed by atoms with Crippen molar-refractivity contribution in [3.63, 3.8) is 0 Å². The van der Waals surface area contributed by atoms with E-state index in [9.17, 15) is 0 Å². The smallest absolute Gasteiger partial charge is 0.118 e. The van der Waals surface area contributed by atoms with Gasteiger partial charge in [-0.25, -0.2) is 0 Å². The van der Waals surface area contributed by atoms with Crippen molar-refractivity contribution in [1.29, 1.82) is 0 Å². The average molecular weight is 302 g/mol. The predicted octanol–water partition coefficient (Wildman–Crippen LogP) is 3.05. The van der Waals surface area contributed by atoms with E-state index >= 15 is 0 Å². The molecular weight excluding hydrogens is 286 g/mol. The second-order valence-electron chi connectivity index (χ2n) is 4.85. The highest BCUT2D eigenvalue weighted by Crippen LogP contribution is 2.24. The van der Waals surface area contributed by atoms with Gasteiger partial charge in [0.15, 0.2) is 0 Å². The summed E-state index contributed by atoms with van der Waals surface area (Å²) < 4.78 is 3.67. The Morgan fingerprint density at radius 3 is 2.81 bits per heavy atom. The summed E-state index contributed by atoms with van der Waals surface area (Å²) in [6.45, 7) is 3.49. The molecule has 3 rings (SSSR count). The lowest BCUT2D eigenvalue weighted by molar-refractivity contribution is 0.660. The Kier molecular flexibility index (Phi) is 3.66. The zero-order valence-electron chi connectivity index (χ0n) is 11.7. The Labute approximate surface area is 127 Å². The highest BCUT2D eigenvalue weighted by atomic mass is 35.5. The van der Waals surface area contributed by atoms with Crippen LogP contribution in [0.1, 0.15) is 12.5 Å². The maximum Gasteiger partial charge on any atom is 0.118 e. The zero-order chi connectivity index (χ0) is 14.8. The van der Waals surface area contributed by atoms with Gasteiger partial charge in [0.05, 0.1) is 18.4 Å². The van der Waals surface area contributed by atoms with E-state index in [-0.39, 0.29) is 0 Å². The number of nitrogens with zero attached hydrogens (tertiary/aromatic N) is 4. The first-order chi connectivity index (χ1) is 10.2. The van der Waals surface area contributed by atoms with E-state index in [1.165, 1.54) is 0 Å². The summed E-state index contributed by atoms with van der Waals surface area (Å²) in [5, 5.41) is 9.52. The quantitative estimate of drug-likeness (QED) is 0.805.